The second-order valence-electron chi connectivity index (χ2n) is 6.15. The monoisotopic (exact) mass is 318 g/mol. The van der Waals surface area contributed by atoms with Gasteiger partial charge < -0.3 is 14.8 Å². The second kappa shape index (κ2) is 7.00. The van der Waals surface area contributed by atoms with Crippen molar-refractivity contribution in [2.24, 2.45) is 5.92 Å². The minimum atomic E-state index is -0.473. The molecular weight excluding hydrogens is 296 g/mol. The Bertz CT molecular complexity index is 728. The van der Waals surface area contributed by atoms with Gasteiger partial charge in [-0.3, -0.25) is 9.36 Å². The van der Waals surface area contributed by atoms with Crippen LogP contribution in [0.15, 0.2) is 33.5 Å². The number of para-hydroxylation sites is 2. The third-order valence-corrected chi connectivity index (χ3v) is 4.59. The molecule has 1 amide bonds. The molecule has 3 rings (SSSR count). The molecule has 0 bridgehead atoms. The van der Waals surface area contributed by atoms with Gasteiger partial charge in [0.25, 0.3) is 0 Å². The van der Waals surface area contributed by atoms with E-state index in [0.717, 1.165) is 25.7 Å². The highest BCUT2D eigenvalue weighted by Gasteiger charge is 2.23. The van der Waals surface area contributed by atoms with E-state index >= 15 is 0 Å². The molecule has 0 aliphatic heterocycles. The standard InChI is InChI=1S/C17H22N2O4/c20-14(12-5-1-2-6-12)11-18-16(21)9-10-19-13-7-3-4-8-15(13)23-17(19)22/h3-4,7-8,12,14,20H,1-2,5-6,9-11H2,(H,18,21). The highest BCUT2D eigenvalue weighted by Crippen LogP contribution is 2.27. The molecule has 1 aliphatic carbocycles. The van der Waals surface area contributed by atoms with Crippen molar-refractivity contribution >= 4 is 17.0 Å². The first kappa shape index (κ1) is 15.8. The molecule has 1 fully saturated rings. The third kappa shape index (κ3) is 3.64. The molecule has 1 unspecified atom stereocenters. The number of carbonyl (C=O) groups is 1. The lowest BCUT2D eigenvalue weighted by Crippen LogP contribution is -2.36. The number of fused-ring (bicyclic) bond motifs is 1. The van der Waals surface area contributed by atoms with Crippen LogP contribution < -0.4 is 11.1 Å². The molecule has 2 aromatic rings. The van der Waals surface area contributed by atoms with Gasteiger partial charge in [0.05, 0.1) is 11.6 Å². The minimum absolute atomic E-state index is 0.167. The smallest absolute Gasteiger partial charge is 0.408 e. The van der Waals surface area contributed by atoms with E-state index in [-0.39, 0.29) is 25.4 Å². The number of hydrogen-bond donors (Lipinski definition) is 2. The van der Waals surface area contributed by atoms with E-state index < -0.39 is 11.9 Å². The van der Waals surface area contributed by atoms with Crippen molar-refractivity contribution < 1.29 is 14.3 Å². The highest BCUT2D eigenvalue weighted by molar-refractivity contribution is 5.76. The number of amides is 1. The summed E-state index contributed by atoms with van der Waals surface area (Å²) in [6.07, 6.45) is 4.10. The number of hydrogen-bond acceptors (Lipinski definition) is 4. The predicted octanol–water partition coefficient (Wildman–Crippen LogP) is 1.65. The number of oxazole rings is 1. The first-order chi connectivity index (χ1) is 11.1. The molecule has 0 spiro atoms. The van der Waals surface area contributed by atoms with Crippen LogP contribution in [0.2, 0.25) is 0 Å². The van der Waals surface area contributed by atoms with Crippen LogP contribution in [-0.4, -0.2) is 28.2 Å². The number of aliphatic hydroxyl groups excluding tert-OH is 1. The molecule has 1 heterocycles. The van der Waals surface area contributed by atoms with E-state index in [9.17, 15) is 14.7 Å². The molecule has 0 saturated heterocycles. The van der Waals surface area contributed by atoms with Crippen LogP contribution in [0.1, 0.15) is 32.1 Å². The molecule has 23 heavy (non-hydrogen) atoms. The molecule has 1 aromatic heterocycles. The normalized spacial score (nSPS) is 16.7. The summed E-state index contributed by atoms with van der Waals surface area (Å²) < 4.78 is 6.59. The van der Waals surface area contributed by atoms with Gasteiger partial charge in [0.15, 0.2) is 5.58 Å². The van der Waals surface area contributed by atoms with Gasteiger partial charge in [-0.2, -0.15) is 0 Å². The quantitative estimate of drug-likeness (QED) is 0.848. The van der Waals surface area contributed by atoms with Gasteiger partial charge in [0, 0.05) is 19.5 Å². The van der Waals surface area contributed by atoms with Gasteiger partial charge in [-0.15, -0.1) is 0 Å². The summed E-state index contributed by atoms with van der Waals surface area (Å²) in [6, 6.07) is 7.14. The lowest BCUT2D eigenvalue weighted by molar-refractivity contribution is -0.121. The average molecular weight is 318 g/mol. The largest absolute Gasteiger partial charge is 0.419 e. The molecule has 2 N–H and O–H groups in total. The van der Waals surface area contributed by atoms with Crippen LogP contribution in [0.3, 0.4) is 0 Å². The molecule has 1 saturated carbocycles. The lowest BCUT2D eigenvalue weighted by Gasteiger charge is -2.18. The lowest BCUT2D eigenvalue weighted by atomic mass is 10.0. The molecule has 0 radical (unpaired) electrons. The van der Waals surface area contributed by atoms with E-state index in [2.05, 4.69) is 5.32 Å². The summed E-state index contributed by atoms with van der Waals surface area (Å²) in [7, 11) is 0. The molecule has 124 valence electrons. The summed E-state index contributed by atoms with van der Waals surface area (Å²) in [6.45, 7) is 0.547. The van der Waals surface area contributed by atoms with Crippen LogP contribution >= 0.6 is 0 Å². The van der Waals surface area contributed by atoms with Gasteiger partial charge in [-0.1, -0.05) is 25.0 Å². The number of aromatic nitrogens is 1. The number of nitrogens with one attached hydrogen (secondary N) is 1. The van der Waals surface area contributed by atoms with E-state index in [1.807, 2.05) is 6.07 Å². The number of benzene rings is 1. The SMILES string of the molecule is O=C(CCn1c(=O)oc2ccccc21)NCC(O)C1CCCC1. The van der Waals surface area contributed by atoms with Crippen molar-refractivity contribution in [3.8, 4) is 0 Å². The topological polar surface area (TPSA) is 84.5 Å². The zero-order valence-electron chi connectivity index (χ0n) is 13.0. The number of aliphatic hydroxyl groups is 1. The molecule has 1 aliphatic rings. The van der Waals surface area contributed by atoms with Crippen molar-refractivity contribution in [3.63, 3.8) is 0 Å². The third-order valence-electron chi connectivity index (χ3n) is 4.59. The maximum Gasteiger partial charge on any atom is 0.419 e. The summed E-state index contributed by atoms with van der Waals surface area (Å²) >= 11 is 0. The van der Waals surface area contributed by atoms with Crippen LogP contribution in [0, 0.1) is 5.92 Å². The van der Waals surface area contributed by atoms with Gasteiger partial charge in [-0.05, 0) is 30.9 Å². The van der Waals surface area contributed by atoms with Crippen LogP contribution in [0.25, 0.3) is 11.1 Å². The van der Waals surface area contributed by atoms with E-state index in [1.165, 1.54) is 4.57 Å². The van der Waals surface area contributed by atoms with Gasteiger partial charge >= 0.3 is 5.76 Å². The maximum atomic E-state index is 11.9. The van der Waals surface area contributed by atoms with Crippen LogP contribution in [-0.2, 0) is 11.3 Å². The van der Waals surface area contributed by atoms with Crippen molar-refractivity contribution in [1.82, 2.24) is 9.88 Å². The summed E-state index contributed by atoms with van der Waals surface area (Å²) in [5.74, 6) is -0.319. The predicted molar refractivity (Wildman–Crippen MR) is 86.1 cm³/mol. The number of aryl methyl sites for hydroxylation is 1. The van der Waals surface area contributed by atoms with Crippen molar-refractivity contribution in [3.05, 3.63) is 34.8 Å². The fourth-order valence-electron chi connectivity index (χ4n) is 3.25. The molecule has 6 nitrogen and oxygen atoms in total. The van der Waals surface area contributed by atoms with Crippen LogP contribution in [0.5, 0.6) is 0 Å². The zero-order valence-corrected chi connectivity index (χ0v) is 13.0. The maximum absolute atomic E-state index is 11.9. The number of rotatable bonds is 6. The van der Waals surface area contributed by atoms with E-state index in [0.29, 0.717) is 17.0 Å². The summed E-state index contributed by atoms with van der Waals surface area (Å²) in [5, 5.41) is 12.8. The van der Waals surface area contributed by atoms with Crippen molar-refractivity contribution in [2.45, 2.75) is 44.8 Å². The molecule has 6 heteroatoms. The van der Waals surface area contributed by atoms with Gasteiger partial charge in [0.1, 0.15) is 0 Å². The van der Waals surface area contributed by atoms with Gasteiger partial charge in [0.2, 0.25) is 5.91 Å². The summed E-state index contributed by atoms with van der Waals surface area (Å²) in [5.41, 5.74) is 1.21. The number of nitrogens with zero attached hydrogens (tertiary/aromatic N) is 1. The zero-order chi connectivity index (χ0) is 16.2. The second-order valence-corrected chi connectivity index (χ2v) is 6.15. The summed E-state index contributed by atoms with van der Waals surface area (Å²) in [4.78, 5) is 23.8. The Hall–Kier alpha value is -2.08. The minimum Gasteiger partial charge on any atom is -0.408 e. The molecule has 1 aromatic carbocycles. The Balaban J connectivity index is 1.52. The van der Waals surface area contributed by atoms with Crippen LogP contribution in [0.4, 0.5) is 0 Å². The van der Waals surface area contributed by atoms with Crippen molar-refractivity contribution in [2.75, 3.05) is 6.54 Å². The van der Waals surface area contributed by atoms with E-state index in [1.54, 1.807) is 18.2 Å². The van der Waals surface area contributed by atoms with Crippen molar-refractivity contribution in [1.29, 1.82) is 0 Å². The Morgan fingerprint density at radius 1 is 1.35 bits per heavy atom. The Labute approximate surface area is 134 Å². The van der Waals surface area contributed by atoms with Gasteiger partial charge in [-0.25, -0.2) is 4.79 Å². The molecule has 1 atom stereocenters. The first-order valence-corrected chi connectivity index (χ1v) is 8.18. The Morgan fingerprint density at radius 3 is 2.87 bits per heavy atom. The first-order valence-electron chi connectivity index (χ1n) is 8.18. The van der Waals surface area contributed by atoms with E-state index in [4.69, 9.17) is 4.42 Å². The highest BCUT2D eigenvalue weighted by atomic mass is 16.4. The number of carbonyl (C=O) groups excluding carboxylic acids is 1. The Kier molecular flexibility index (Phi) is 4.81. The molecular formula is C17H22N2O4. The fourth-order valence-corrected chi connectivity index (χ4v) is 3.25. The Morgan fingerprint density at radius 2 is 2.09 bits per heavy atom. The average Bonchev–Trinajstić information content (AvgIpc) is 3.18. The fraction of sp³-hybridized carbons (Fsp3) is 0.529.